The molecular weight excluding hydrogens is 447 g/mol. The summed E-state index contributed by atoms with van der Waals surface area (Å²) in [5, 5.41) is 12.9. The van der Waals surface area contributed by atoms with Gasteiger partial charge in [0.25, 0.3) is 5.91 Å². The van der Waals surface area contributed by atoms with E-state index in [1.54, 1.807) is 23.6 Å². The molecule has 1 aliphatic rings. The number of thiazole rings is 1. The molecule has 2 aromatic heterocycles. The van der Waals surface area contributed by atoms with Gasteiger partial charge in [0.15, 0.2) is 10.9 Å². The van der Waals surface area contributed by atoms with Crippen LogP contribution < -0.4 is 4.90 Å². The number of aliphatic hydroxyl groups excluding tert-OH is 1. The normalized spacial score (nSPS) is 16.4. The third-order valence-electron chi connectivity index (χ3n) is 5.39. The Kier molecular flexibility index (Phi) is 4.91. The van der Waals surface area contributed by atoms with Gasteiger partial charge in [-0.1, -0.05) is 35.6 Å². The van der Waals surface area contributed by atoms with Gasteiger partial charge >= 0.3 is 0 Å². The maximum Gasteiger partial charge on any atom is 0.296 e. The van der Waals surface area contributed by atoms with Crippen molar-refractivity contribution in [2.75, 3.05) is 4.90 Å². The molecular formula is C24H17FN2O3S2. The van der Waals surface area contributed by atoms with Crippen LogP contribution in [0.5, 0.6) is 0 Å². The molecule has 2 aromatic carbocycles. The molecule has 5 rings (SSSR count). The van der Waals surface area contributed by atoms with E-state index in [4.69, 9.17) is 0 Å². The first-order chi connectivity index (χ1) is 15.3. The SMILES string of the molecule is Cc1cc(C)c2nc(N3C(=O)C(O)=C(C(=O)c4cccs4)[C@H]3c3cccc(F)c3)sc2c1. The Morgan fingerprint density at radius 1 is 1.16 bits per heavy atom. The number of carbonyl (C=O) groups excluding carboxylic acids is 2. The van der Waals surface area contributed by atoms with E-state index in [-0.39, 0.29) is 5.57 Å². The maximum atomic E-state index is 14.1. The van der Waals surface area contributed by atoms with Crippen molar-refractivity contribution in [3.8, 4) is 0 Å². The lowest BCUT2D eigenvalue weighted by molar-refractivity contribution is -0.117. The average Bonchev–Trinajstić information content (AvgIpc) is 3.47. The fourth-order valence-electron chi connectivity index (χ4n) is 4.03. The molecule has 0 bridgehead atoms. The van der Waals surface area contributed by atoms with Gasteiger partial charge < -0.3 is 5.11 Å². The molecule has 0 aliphatic carbocycles. The average molecular weight is 465 g/mol. The van der Waals surface area contributed by atoms with Crippen LogP contribution in [-0.4, -0.2) is 21.8 Å². The topological polar surface area (TPSA) is 70.5 Å². The van der Waals surface area contributed by atoms with Gasteiger partial charge in [-0.25, -0.2) is 9.37 Å². The highest BCUT2D eigenvalue weighted by molar-refractivity contribution is 7.22. The van der Waals surface area contributed by atoms with Crippen LogP contribution in [0.3, 0.4) is 0 Å². The molecule has 1 aliphatic heterocycles. The van der Waals surface area contributed by atoms with Crippen LogP contribution in [0.15, 0.2) is 65.2 Å². The molecule has 8 heteroatoms. The van der Waals surface area contributed by atoms with Crippen molar-refractivity contribution in [2.24, 2.45) is 0 Å². The van der Waals surface area contributed by atoms with Crippen LogP contribution in [0.2, 0.25) is 0 Å². The Balaban J connectivity index is 1.71. The van der Waals surface area contributed by atoms with Crippen LogP contribution >= 0.6 is 22.7 Å². The summed E-state index contributed by atoms with van der Waals surface area (Å²) in [7, 11) is 0. The van der Waals surface area contributed by atoms with Gasteiger partial charge in [-0.15, -0.1) is 11.3 Å². The number of hydrogen-bond acceptors (Lipinski definition) is 6. The van der Waals surface area contributed by atoms with Crippen LogP contribution in [0, 0.1) is 19.7 Å². The number of nitrogens with zero attached hydrogens (tertiary/aromatic N) is 2. The number of aromatic nitrogens is 1. The van der Waals surface area contributed by atoms with Crippen molar-refractivity contribution in [1.82, 2.24) is 4.98 Å². The first kappa shape index (κ1) is 20.5. The summed E-state index contributed by atoms with van der Waals surface area (Å²) in [6.07, 6.45) is 0. The molecule has 1 N–H and O–H groups in total. The first-order valence-electron chi connectivity index (χ1n) is 9.83. The van der Waals surface area contributed by atoms with Crippen molar-refractivity contribution in [3.05, 3.63) is 92.6 Å². The number of ketones is 1. The monoisotopic (exact) mass is 464 g/mol. The van der Waals surface area contributed by atoms with E-state index >= 15 is 0 Å². The second-order valence-corrected chi connectivity index (χ2v) is 9.58. The van der Waals surface area contributed by atoms with E-state index in [9.17, 15) is 19.1 Å². The number of thiophene rings is 1. The van der Waals surface area contributed by atoms with E-state index in [0.29, 0.717) is 15.6 Å². The lowest BCUT2D eigenvalue weighted by Gasteiger charge is -2.24. The zero-order valence-corrected chi connectivity index (χ0v) is 18.8. The number of aryl methyl sites for hydroxylation is 2. The molecule has 0 spiro atoms. The summed E-state index contributed by atoms with van der Waals surface area (Å²) in [5.74, 6) is -2.33. The highest BCUT2D eigenvalue weighted by Crippen LogP contribution is 2.45. The van der Waals surface area contributed by atoms with Gasteiger partial charge in [-0.3, -0.25) is 14.5 Å². The minimum Gasteiger partial charge on any atom is -0.503 e. The quantitative estimate of drug-likeness (QED) is 0.382. The third kappa shape index (κ3) is 3.23. The fourth-order valence-corrected chi connectivity index (χ4v) is 5.88. The van der Waals surface area contributed by atoms with Crippen molar-refractivity contribution in [1.29, 1.82) is 0 Å². The number of benzene rings is 2. The zero-order chi connectivity index (χ0) is 22.6. The van der Waals surface area contributed by atoms with Crippen molar-refractivity contribution in [3.63, 3.8) is 0 Å². The number of halogens is 1. The summed E-state index contributed by atoms with van der Waals surface area (Å²) >= 11 is 2.51. The van der Waals surface area contributed by atoms with Crippen molar-refractivity contribution in [2.45, 2.75) is 19.9 Å². The van der Waals surface area contributed by atoms with Crippen LogP contribution in [0.25, 0.3) is 10.2 Å². The fraction of sp³-hybridized carbons (Fsp3) is 0.125. The highest BCUT2D eigenvalue weighted by atomic mass is 32.1. The summed E-state index contributed by atoms with van der Waals surface area (Å²) < 4.78 is 15.0. The minimum absolute atomic E-state index is 0.0739. The molecule has 5 nitrogen and oxygen atoms in total. The Morgan fingerprint density at radius 2 is 1.97 bits per heavy atom. The summed E-state index contributed by atoms with van der Waals surface area (Å²) in [5.41, 5.74) is 3.08. The minimum atomic E-state index is -0.991. The first-order valence-corrected chi connectivity index (χ1v) is 11.5. The Labute approximate surface area is 191 Å². The van der Waals surface area contributed by atoms with E-state index in [0.717, 1.165) is 21.3 Å². The number of rotatable bonds is 4. The largest absolute Gasteiger partial charge is 0.503 e. The molecule has 3 heterocycles. The summed E-state index contributed by atoms with van der Waals surface area (Å²) in [6, 6.07) is 12.1. The molecule has 4 aromatic rings. The predicted octanol–water partition coefficient (Wildman–Crippen LogP) is 5.90. The number of fused-ring (bicyclic) bond motifs is 1. The number of carbonyl (C=O) groups is 2. The van der Waals surface area contributed by atoms with E-state index in [1.165, 1.54) is 45.8 Å². The van der Waals surface area contributed by atoms with Gasteiger partial charge in [0.05, 0.1) is 26.7 Å². The Bertz CT molecular complexity index is 1420. The number of Topliss-reactive ketones (excluding diaryl/α,β-unsaturated/α-hetero) is 1. The molecule has 0 saturated carbocycles. The second-order valence-electron chi connectivity index (χ2n) is 7.63. The lowest BCUT2D eigenvalue weighted by atomic mass is 9.95. The molecule has 0 unspecified atom stereocenters. The number of anilines is 1. The number of aliphatic hydroxyl groups is 1. The third-order valence-corrected chi connectivity index (χ3v) is 7.26. The van der Waals surface area contributed by atoms with Crippen molar-refractivity contribution < 1.29 is 19.1 Å². The zero-order valence-electron chi connectivity index (χ0n) is 17.1. The molecule has 32 heavy (non-hydrogen) atoms. The van der Waals surface area contributed by atoms with Gasteiger partial charge in [0, 0.05) is 0 Å². The lowest BCUT2D eigenvalue weighted by Crippen LogP contribution is -2.31. The predicted molar refractivity (Wildman–Crippen MR) is 124 cm³/mol. The smallest absolute Gasteiger partial charge is 0.296 e. The van der Waals surface area contributed by atoms with E-state index in [1.807, 2.05) is 26.0 Å². The number of amides is 1. The summed E-state index contributed by atoms with van der Waals surface area (Å²) in [6.45, 7) is 3.92. The maximum absolute atomic E-state index is 14.1. The van der Waals surface area contributed by atoms with Crippen molar-refractivity contribution >= 4 is 49.7 Å². The van der Waals surface area contributed by atoms with E-state index in [2.05, 4.69) is 4.98 Å². The number of hydrogen-bond donors (Lipinski definition) is 1. The second kappa shape index (κ2) is 7.65. The standard InChI is InChI=1S/C24H17FN2O3S2/c1-12-9-13(2)19-17(10-12)32-24(26-19)27-20(14-5-3-6-15(25)11-14)18(22(29)23(27)30)21(28)16-7-4-8-31-16/h3-11,20,29H,1-2H3/t20-/m1/s1. The van der Waals surface area contributed by atoms with Crippen LogP contribution in [0.4, 0.5) is 9.52 Å². The van der Waals surface area contributed by atoms with Crippen LogP contribution in [0.1, 0.15) is 32.4 Å². The van der Waals surface area contributed by atoms with Gasteiger partial charge in [-0.05, 0) is 60.2 Å². The molecule has 1 amide bonds. The summed E-state index contributed by atoms with van der Waals surface area (Å²) in [4.78, 5) is 32.9. The molecule has 0 radical (unpaired) electrons. The molecule has 0 fully saturated rings. The highest BCUT2D eigenvalue weighted by Gasteiger charge is 2.46. The van der Waals surface area contributed by atoms with E-state index < -0.39 is 29.3 Å². The molecule has 1 atom stereocenters. The Morgan fingerprint density at radius 3 is 2.69 bits per heavy atom. The van der Waals surface area contributed by atoms with Gasteiger partial charge in [0.1, 0.15) is 5.82 Å². The Hall–Kier alpha value is -3.36. The van der Waals surface area contributed by atoms with Gasteiger partial charge in [-0.2, -0.15) is 0 Å². The van der Waals surface area contributed by atoms with Gasteiger partial charge in [0.2, 0.25) is 5.78 Å². The molecule has 160 valence electrons. The van der Waals surface area contributed by atoms with Crippen LogP contribution in [-0.2, 0) is 4.79 Å². The molecule has 0 saturated heterocycles.